The maximum Gasteiger partial charge on any atom is 0.433 e. The topological polar surface area (TPSA) is 102 Å². The molecule has 1 N–H and O–H groups in total. The number of amides is 1. The Morgan fingerprint density at radius 3 is 2.20 bits per heavy atom. The van der Waals surface area contributed by atoms with Crippen LogP contribution in [0.3, 0.4) is 0 Å². The molecule has 8 nitrogen and oxygen atoms in total. The number of nitrogens with zero attached hydrogens (tertiary/aromatic N) is 3. The van der Waals surface area contributed by atoms with E-state index in [1.807, 2.05) is 13.8 Å². The molecule has 2 fully saturated rings. The first kappa shape index (κ1) is 31.3. The Kier molecular flexibility index (Phi) is 8.57. The lowest BCUT2D eigenvalue weighted by molar-refractivity contribution is -0.187. The largest absolute Gasteiger partial charge is 0.481 e. The molecule has 0 spiro atoms. The molecule has 1 saturated carbocycles. The number of aromatic nitrogens is 2. The van der Waals surface area contributed by atoms with Crippen LogP contribution in [0, 0.1) is 12.3 Å². The number of aryl methyl sites for hydroxylation is 1. The van der Waals surface area contributed by atoms with Crippen LogP contribution >= 0.6 is 23.2 Å². The second-order valence-corrected chi connectivity index (χ2v) is 12.7. The highest BCUT2D eigenvalue weighted by atomic mass is 35.5. The first-order valence-corrected chi connectivity index (χ1v) is 14.0. The van der Waals surface area contributed by atoms with E-state index in [0.29, 0.717) is 12.0 Å². The zero-order valence-electron chi connectivity index (χ0n) is 23.1. The summed E-state index contributed by atoms with van der Waals surface area (Å²) in [4.78, 5) is 39.7. The Hall–Kier alpha value is -2.63. The fourth-order valence-electron chi connectivity index (χ4n) is 5.72. The third-order valence-corrected chi connectivity index (χ3v) is 8.53. The van der Waals surface area contributed by atoms with Gasteiger partial charge in [0, 0.05) is 13.0 Å². The summed E-state index contributed by atoms with van der Waals surface area (Å²) in [6, 6.07) is 2.34. The number of aliphatic carboxylic acids is 1. The van der Waals surface area contributed by atoms with Gasteiger partial charge in [0.1, 0.15) is 0 Å². The minimum atomic E-state index is -4.94. The average molecular weight is 618 g/mol. The molecule has 0 bridgehead atoms. The molecule has 1 aliphatic heterocycles. The van der Waals surface area contributed by atoms with Crippen molar-refractivity contribution in [2.24, 2.45) is 5.41 Å². The molecule has 1 amide bonds. The highest BCUT2D eigenvalue weighted by molar-refractivity contribution is 6.40. The van der Waals surface area contributed by atoms with Crippen molar-refractivity contribution in [2.75, 3.05) is 13.1 Å². The number of benzene rings is 1. The molecular formula is C28H32Cl2F3N3O5. The fraction of sp³-hybridized carbons (Fsp3) is 0.571. The summed E-state index contributed by atoms with van der Waals surface area (Å²) in [5.74, 6) is -2.66. The molecule has 41 heavy (non-hydrogen) atoms. The number of hydrogen-bond acceptors (Lipinski definition) is 5. The van der Waals surface area contributed by atoms with Gasteiger partial charge in [-0.05, 0) is 71.1 Å². The van der Waals surface area contributed by atoms with Crippen LogP contribution in [0.15, 0.2) is 18.3 Å². The molecule has 2 aliphatic rings. The monoisotopic (exact) mass is 617 g/mol. The third kappa shape index (κ3) is 6.57. The molecule has 224 valence electrons. The number of halogens is 5. The van der Waals surface area contributed by atoms with Gasteiger partial charge in [-0.25, -0.2) is 0 Å². The molecular weight excluding hydrogens is 586 g/mol. The normalized spacial score (nSPS) is 24.0. The van der Waals surface area contributed by atoms with Gasteiger partial charge < -0.3 is 14.7 Å². The Morgan fingerprint density at radius 1 is 1.15 bits per heavy atom. The van der Waals surface area contributed by atoms with Gasteiger partial charge in [-0.1, -0.05) is 23.2 Å². The molecule has 2 aromatic rings. The summed E-state index contributed by atoms with van der Waals surface area (Å²) in [5.41, 5.74) is -2.74. The predicted octanol–water partition coefficient (Wildman–Crippen LogP) is 6.62. The lowest BCUT2D eigenvalue weighted by atomic mass is 9.74. The van der Waals surface area contributed by atoms with Crippen LogP contribution in [-0.4, -0.2) is 62.2 Å². The molecule has 0 radical (unpaired) electrons. The number of carboxylic acids is 1. The average Bonchev–Trinajstić information content (AvgIpc) is 3.27. The van der Waals surface area contributed by atoms with E-state index >= 15 is 0 Å². The van der Waals surface area contributed by atoms with E-state index in [-0.39, 0.29) is 47.8 Å². The van der Waals surface area contributed by atoms with Crippen LogP contribution in [0.2, 0.25) is 10.0 Å². The van der Waals surface area contributed by atoms with Crippen molar-refractivity contribution in [3.8, 4) is 0 Å². The van der Waals surface area contributed by atoms with Crippen LogP contribution in [0.25, 0.3) is 0 Å². The first-order chi connectivity index (χ1) is 18.9. The number of ether oxygens (including phenoxy) is 1. The quantitative estimate of drug-likeness (QED) is 0.334. The highest BCUT2D eigenvalue weighted by Crippen LogP contribution is 2.43. The third-order valence-electron chi connectivity index (χ3n) is 7.93. The Morgan fingerprint density at radius 2 is 1.71 bits per heavy atom. The Balaban J connectivity index is 1.66. The van der Waals surface area contributed by atoms with E-state index in [1.165, 1.54) is 12.1 Å². The zero-order valence-corrected chi connectivity index (χ0v) is 24.7. The van der Waals surface area contributed by atoms with Crippen LogP contribution in [0.1, 0.15) is 90.9 Å². The van der Waals surface area contributed by atoms with E-state index < -0.39 is 64.8 Å². The Labute approximate surface area is 245 Å². The highest BCUT2D eigenvalue weighted by Gasteiger charge is 2.46. The standard InChI is InChI=1S/C28H32Cl2F3N3O5/c1-15-9-19(29)22(20(30)10-15)21(37)14-35(13-17-11-26(2,3)41-17)24(38)18-12-34-36(23(18)28(31,32)33)16-5-7-27(4,8-6-16)25(39)40/h9-10,12,16-17H,5-8,11,13-14H2,1-4H3,(H,39,40)/t16?,17-,27?/m1/s1. The fourth-order valence-corrected chi connectivity index (χ4v) is 6.53. The van der Waals surface area contributed by atoms with E-state index in [1.54, 1.807) is 13.8 Å². The maximum atomic E-state index is 14.5. The number of hydrogen-bond donors (Lipinski definition) is 1. The van der Waals surface area contributed by atoms with Gasteiger partial charge in [-0.2, -0.15) is 18.3 Å². The maximum absolute atomic E-state index is 14.5. The smallest absolute Gasteiger partial charge is 0.433 e. The van der Waals surface area contributed by atoms with E-state index in [0.717, 1.165) is 15.8 Å². The lowest BCUT2D eigenvalue weighted by Gasteiger charge is -2.44. The van der Waals surface area contributed by atoms with Crippen LogP contribution in [0.4, 0.5) is 13.2 Å². The molecule has 1 saturated heterocycles. The SMILES string of the molecule is Cc1cc(Cl)c(C(=O)CN(C[C@H]2CC(C)(C)O2)C(=O)c2cnn(C3CCC(C)(C(=O)O)CC3)c2C(F)(F)F)c(Cl)c1. The number of rotatable bonds is 8. The minimum Gasteiger partial charge on any atom is -0.481 e. The number of alkyl halides is 3. The Bertz CT molecular complexity index is 1340. The molecule has 1 aromatic heterocycles. The van der Waals surface area contributed by atoms with Gasteiger partial charge in [0.05, 0.1) is 57.1 Å². The predicted molar refractivity (Wildman–Crippen MR) is 145 cm³/mol. The van der Waals surface area contributed by atoms with Crippen molar-refractivity contribution >= 4 is 40.9 Å². The van der Waals surface area contributed by atoms with Gasteiger partial charge >= 0.3 is 12.1 Å². The van der Waals surface area contributed by atoms with E-state index in [9.17, 15) is 32.7 Å². The molecule has 1 aliphatic carbocycles. The van der Waals surface area contributed by atoms with E-state index in [2.05, 4.69) is 5.10 Å². The van der Waals surface area contributed by atoms with Gasteiger partial charge in [0.25, 0.3) is 5.91 Å². The van der Waals surface area contributed by atoms with E-state index in [4.69, 9.17) is 27.9 Å². The summed E-state index contributed by atoms with van der Waals surface area (Å²) >= 11 is 12.5. The molecule has 4 rings (SSSR count). The van der Waals surface area contributed by atoms with Gasteiger partial charge in [0.2, 0.25) is 0 Å². The number of Topliss-reactive ketones (excluding diaryl/α,β-unsaturated/α-hetero) is 1. The summed E-state index contributed by atoms with van der Waals surface area (Å²) in [6.07, 6.45) is -3.39. The van der Waals surface area contributed by atoms with Gasteiger partial charge in [-0.15, -0.1) is 0 Å². The van der Waals surface area contributed by atoms with Crippen LogP contribution in [0.5, 0.6) is 0 Å². The van der Waals surface area contributed by atoms with Crippen molar-refractivity contribution in [1.29, 1.82) is 0 Å². The van der Waals surface area contributed by atoms with Crippen molar-refractivity contribution < 1.29 is 37.4 Å². The number of carbonyl (C=O) groups is 3. The summed E-state index contributed by atoms with van der Waals surface area (Å²) in [6.45, 7) is 6.29. The zero-order chi connectivity index (χ0) is 30.5. The first-order valence-electron chi connectivity index (χ1n) is 13.3. The lowest BCUT2D eigenvalue weighted by Crippen LogP contribution is -2.53. The number of carbonyl (C=O) groups excluding carboxylic acids is 2. The van der Waals surface area contributed by atoms with Gasteiger partial charge in [0.15, 0.2) is 11.5 Å². The van der Waals surface area contributed by atoms with Crippen molar-refractivity contribution in [3.05, 3.63) is 50.8 Å². The summed E-state index contributed by atoms with van der Waals surface area (Å²) in [7, 11) is 0. The molecule has 1 aromatic carbocycles. The summed E-state index contributed by atoms with van der Waals surface area (Å²) in [5, 5.41) is 13.6. The number of ketones is 1. The molecule has 0 unspecified atom stereocenters. The van der Waals surface area contributed by atoms with Crippen molar-refractivity contribution in [2.45, 2.75) is 83.7 Å². The van der Waals surface area contributed by atoms with Crippen molar-refractivity contribution in [1.82, 2.24) is 14.7 Å². The van der Waals surface area contributed by atoms with Gasteiger partial charge in [-0.3, -0.25) is 19.1 Å². The number of carboxylic acid groups (broad SMARTS) is 1. The van der Waals surface area contributed by atoms with Crippen LogP contribution in [-0.2, 0) is 15.7 Å². The molecule has 2 heterocycles. The molecule has 13 heteroatoms. The minimum absolute atomic E-state index is 0.0259. The van der Waals surface area contributed by atoms with Crippen LogP contribution < -0.4 is 0 Å². The van der Waals surface area contributed by atoms with Crippen molar-refractivity contribution in [3.63, 3.8) is 0 Å². The molecule has 1 atom stereocenters. The summed E-state index contributed by atoms with van der Waals surface area (Å²) < 4.78 is 50.0. The second kappa shape index (κ2) is 11.2. The second-order valence-electron chi connectivity index (χ2n) is 11.9.